The lowest BCUT2D eigenvalue weighted by molar-refractivity contribution is -0.364. The second kappa shape index (κ2) is 7.75. The zero-order valence-corrected chi connectivity index (χ0v) is 17.5. The van der Waals surface area contributed by atoms with Crippen LogP contribution in [0.2, 0.25) is 0 Å². The number of aromatic nitrogens is 3. The molecular formula is C25H26N5+. The number of hydrogen-bond acceptors (Lipinski definition) is 4. The largest absolute Gasteiger partial charge is 0.347 e. The van der Waals surface area contributed by atoms with Gasteiger partial charge in [0.25, 0.3) is 5.82 Å². The molecule has 0 saturated carbocycles. The molecule has 1 aliphatic rings. The van der Waals surface area contributed by atoms with Crippen molar-refractivity contribution in [1.29, 1.82) is 0 Å². The van der Waals surface area contributed by atoms with E-state index in [9.17, 15) is 0 Å². The van der Waals surface area contributed by atoms with Crippen LogP contribution in [0.25, 0.3) is 22.0 Å². The van der Waals surface area contributed by atoms with Crippen molar-refractivity contribution in [2.75, 3.05) is 36.0 Å². The Kier molecular flexibility index (Phi) is 4.79. The highest BCUT2D eigenvalue weighted by Gasteiger charge is 2.25. The molecule has 0 spiro atoms. The fourth-order valence-corrected chi connectivity index (χ4v) is 4.16. The molecule has 0 bridgehead atoms. The standard InChI is InChI=1S/C25H25N5/c1-18-10-11-20(17-19(18)2)24-21-7-3-4-8-22(21)25(28-27-24)30-15-13-29(14-16-30)23-9-5-6-12-26-23/h3-12,17H,13-16H2,1-2H3/p+1. The maximum Gasteiger partial charge on any atom is 0.274 e. The Labute approximate surface area is 177 Å². The molecule has 0 amide bonds. The number of H-pyrrole nitrogens is 1. The predicted molar refractivity (Wildman–Crippen MR) is 122 cm³/mol. The average molecular weight is 397 g/mol. The van der Waals surface area contributed by atoms with Crippen LogP contribution in [0.3, 0.4) is 0 Å². The molecule has 2 aromatic heterocycles. The number of nitrogens with zero attached hydrogens (tertiary/aromatic N) is 4. The molecular weight excluding hydrogens is 370 g/mol. The maximum absolute atomic E-state index is 4.71. The first-order valence-electron chi connectivity index (χ1n) is 10.5. The van der Waals surface area contributed by atoms with Gasteiger partial charge in [-0.25, -0.2) is 4.98 Å². The highest BCUT2D eigenvalue weighted by atomic mass is 15.3. The van der Waals surface area contributed by atoms with Gasteiger partial charge in [0, 0.05) is 22.4 Å². The molecule has 0 aliphatic carbocycles. The lowest BCUT2D eigenvalue weighted by atomic mass is 10.0. The minimum absolute atomic E-state index is 0.921. The Morgan fingerprint density at radius 2 is 1.47 bits per heavy atom. The van der Waals surface area contributed by atoms with E-state index < -0.39 is 0 Å². The summed E-state index contributed by atoms with van der Waals surface area (Å²) in [5.74, 6) is 2.15. The van der Waals surface area contributed by atoms with Gasteiger partial charge in [-0.1, -0.05) is 42.5 Å². The van der Waals surface area contributed by atoms with Crippen molar-refractivity contribution in [3.05, 3.63) is 78.0 Å². The summed E-state index contributed by atoms with van der Waals surface area (Å²) in [4.78, 5) is 8.08. The first-order chi connectivity index (χ1) is 14.7. The maximum atomic E-state index is 4.71. The Morgan fingerprint density at radius 3 is 2.20 bits per heavy atom. The molecule has 0 radical (unpaired) electrons. The zero-order chi connectivity index (χ0) is 20.5. The molecule has 150 valence electrons. The summed E-state index contributed by atoms with van der Waals surface area (Å²) in [6, 6.07) is 21.2. The van der Waals surface area contributed by atoms with Gasteiger partial charge in [-0.3, -0.25) is 4.90 Å². The number of pyridine rings is 1. The van der Waals surface area contributed by atoms with Gasteiger partial charge in [-0.05, 0) is 37.1 Å². The van der Waals surface area contributed by atoms with Crippen LogP contribution in [0.5, 0.6) is 0 Å². The van der Waals surface area contributed by atoms with E-state index in [0.29, 0.717) is 0 Å². The molecule has 1 N–H and O–H groups in total. The summed E-state index contributed by atoms with van der Waals surface area (Å²) in [5, 5.41) is 11.7. The molecule has 3 heterocycles. The number of anilines is 2. The second-order valence-electron chi connectivity index (χ2n) is 7.94. The van der Waals surface area contributed by atoms with E-state index in [1.165, 1.54) is 16.5 Å². The van der Waals surface area contributed by atoms with E-state index in [4.69, 9.17) is 5.10 Å². The van der Waals surface area contributed by atoms with E-state index >= 15 is 0 Å². The number of aromatic amines is 1. The van der Waals surface area contributed by atoms with Crippen molar-refractivity contribution in [2.24, 2.45) is 0 Å². The van der Waals surface area contributed by atoms with Crippen molar-refractivity contribution in [2.45, 2.75) is 13.8 Å². The van der Waals surface area contributed by atoms with Gasteiger partial charge in [-0.15, -0.1) is 10.2 Å². The fourth-order valence-electron chi connectivity index (χ4n) is 4.16. The van der Waals surface area contributed by atoms with Crippen LogP contribution in [0.4, 0.5) is 11.6 Å². The minimum atomic E-state index is 0.921. The van der Waals surface area contributed by atoms with Gasteiger partial charge in [0.1, 0.15) is 18.8 Å². The monoisotopic (exact) mass is 396 g/mol. The Balaban J connectivity index is 1.47. The molecule has 0 unspecified atom stereocenters. The molecule has 5 nitrogen and oxygen atoms in total. The molecule has 2 aromatic carbocycles. The van der Waals surface area contributed by atoms with Gasteiger partial charge in [0.2, 0.25) is 0 Å². The number of benzene rings is 2. The Morgan fingerprint density at radius 1 is 0.733 bits per heavy atom. The first-order valence-corrected chi connectivity index (χ1v) is 10.5. The fraction of sp³-hybridized carbons (Fsp3) is 0.240. The SMILES string of the molecule is Cc1ccc(-c2nnc(N3CCN(c4cccc[nH+]4)CC3)c3ccccc23)cc1C. The van der Waals surface area contributed by atoms with E-state index in [-0.39, 0.29) is 0 Å². The third-order valence-corrected chi connectivity index (χ3v) is 6.06. The summed E-state index contributed by atoms with van der Waals surface area (Å²) in [5.41, 5.74) is 4.64. The second-order valence-corrected chi connectivity index (χ2v) is 7.94. The van der Waals surface area contributed by atoms with Gasteiger partial charge < -0.3 is 4.90 Å². The molecule has 30 heavy (non-hydrogen) atoms. The van der Waals surface area contributed by atoms with Crippen LogP contribution in [0, 0.1) is 13.8 Å². The third kappa shape index (κ3) is 3.36. The molecule has 0 atom stereocenters. The quantitative estimate of drug-likeness (QED) is 0.524. The third-order valence-electron chi connectivity index (χ3n) is 6.06. The van der Waals surface area contributed by atoms with E-state index in [2.05, 4.69) is 88.3 Å². The Bertz CT molecular complexity index is 1180. The van der Waals surface area contributed by atoms with Crippen LogP contribution >= 0.6 is 0 Å². The molecule has 1 saturated heterocycles. The van der Waals surface area contributed by atoms with Crippen molar-refractivity contribution >= 4 is 22.4 Å². The van der Waals surface area contributed by atoms with Crippen molar-refractivity contribution in [3.63, 3.8) is 0 Å². The van der Waals surface area contributed by atoms with Gasteiger partial charge >= 0.3 is 0 Å². The van der Waals surface area contributed by atoms with E-state index in [0.717, 1.165) is 54.5 Å². The summed E-state index contributed by atoms with van der Waals surface area (Å²) < 4.78 is 0. The van der Waals surface area contributed by atoms with Crippen molar-refractivity contribution in [1.82, 2.24) is 10.2 Å². The number of piperazine rings is 1. The molecule has 5 rings (SSSR count). The van der Waals surface area contributed by atoms with E-state index in [1.807, 2.05) is 12.3 Å². The normalized spacial score (nSPS) is 14.3. The smallest absolute Gasteiger partial charge is 0.274 e. The van der Waals surface area contributed by atoms with Crippen LogP contribution in [-0.4, -0.2) is 36.4 Å². The highest BCUT2D eigenvalue weighted by molar-refractivity contribution is 6.00. The van der Waals surface area contributed by atoms with Gasteiger partial charge in [-0.2, -0.15) is 0 Å². The number of nitrogens with one attached hydrogen (secondary N) is 1. The zero-order valence-electron chi connectivity index (χ0n) is 17.5. The average Bonchev–Trinajstić information content (AvgIpc) is 2.81. The minimum Gasteiger partial charge on any atom is -0.347 e. The first kappa shape index (κ1) is 18.6. The van der Waals surface area contributed by atoms with Crippen LogP contribution < -0.4 is 14.8 Å². The molecule has 1 aliphatic heterocycles. The highest BCUT2D eigenvalue weighted by Crippen LogP contribution is 2.32. The predicted octanol–water partition coefficient (Wildman–Crippen LogP) is 4.05. The van der Waals surface area contributed by atoms with Crippen LogP contribution in [0.15, 0.2) is 66.9 Å². The Hall–Kier alpha value is -3.47. The number of rotatable bonds is 3. The number of fused-ring (bicyclic) bond motifs is 1. The van der Waals surface area contributed by atoms with Crippen LogP contribution in [-0.2, 0) is 0 Å². The summed E-state index contributed by atoms with van der Waals surface area (Å²) in [6.45, 7) is 8.03. The molecule has 5 heteroatoms. The lowest BCUT2D eigenvalue weighted by Crippen LogP contribution is -2.48. The topological polar surface area (TPSA) is 46.4 Å². The van der Waals surface area contributed by atoms with Crippen molar-refractivity contribution < 1.29 is 4.98 Å². The number of hydrogen-bond donors (Lipinski definition) is 0. The number of aryl methyl sites for hydroxylation is 2. The van der Waals surface area contributed by atoms with E-state index in [1.54, 1.807) is 0 Å². The molecule has 1 fully saturated rings. The summed E-state index contributed by atoms with van der Waals surface area (Å²) in [6.07, 6.45) is 1.98. The van der Waals surface area contributed by atoms with Crippen LogP contribution in [0.1, 0.15) is 11.1 Å². The summed E-state index contributed by atoms with van der Waals surface area (Å²) >= 11 is 0. The van der Waals surface area contributed by atoms with Gasteiger partial charge in [0.05, 0.1) is 19.3 Å². The summed E-state index contributed by atoms with van der Waals surface area (Å²) in [7, 11) is 0. The molecule has 4 aromatic rings. The lowest BCUT2D eigenvalue weighted by Gasteiger charge is -2.32. The van der Waals surface area contributed by atoms with Gasteiger partial charge in [0.15, 0.2) is 5.82 Å². The van der Waals surface area contributed by atoms with Crippen molar-refractivity contribution in [3.8, 4) is 11.3 Å².